The Morgan fingerprint density at radius 2 is 0.579 bits per heavy atom. The highest BCUT2D eigenvalue weighted by Gasteiger charge is 2.44. The van der Waals surface area contributed by atoms with Gasteiger partial charge in [-0.25, -0.2) is 96.3 Å². The number of carbonyl (C=O) groups is 14. The summed E-state index contributed by atoms with van der Waals surface area (Å²) in [5.74, 6) is -15.2. The standard InChI is InChI=1S/C48H79N3O18S3.C36H60O14.C12H21N3O5S3/c1-10-12-13-14-15-16-17-18-19-20-21-22-23-24-25-27-40(52)64-33(4)43(54)66-35(6)45(56)68-37(8)47(58)69-36(7)46(57)67-34(5)44(55)65-32(3)42(53)50-71(59,60)41-30-38-39(49-11-2)31-51(28-26-29-63-9)72(61,62)48(38)70-41;1-8-9-10-11-12-13-14-15-16-17-18-19-20-21-22-23-30(37)45-25(3)32(40)47-27(5)34(42)49-29(7)36(44)50-28(6)35(43)48-26(4)33(41)46-24(2)31(38)39;1-3-14-10-8-15(5-4-6-20-2)23(18,19)12-9(10)7-11(21-12)22(13,16)17/h30,32-37,39,49H,10-29,31H2,1-9H3,(H,50,53);24-29H,8-23H2,1-7H3,(H,38,39);7,10,14H,3-6,8H2,1-2H3,(H2,13,16,17)/t32-,33-,34-,35-,36-,37-,39-;24-,25+,26-,27-,28-,29-;10-/m010/s1. The van der Waals surface area contributed by atoms with Gasteiger partial charge in [0.2, 0.25) is 10.0 Å². The second-order valence-corrected chi connectivity index (χ2v) is 45.6. The molecule has 6 N–H and O–H groups in total. The fraction of sp³-hybridized carbons (Fsp3) is 0.771. The van der Waals surface area contributed by atoms with Gasteiger partial charge in [-0.05, 0) is 134 Å². The first-order valence-corrected chi connectivity index (χ1v) is 57.8. The molecule has 2 aliphatic rings. The van der Waals surface area contributed by atoms with Crippen LogP contribution < -0.4 is 20.5 Å². The van der Waals surface area contributed by atoms with Gasteiger partial charge in [-0.2, -0.15) is 8.61 Å². The minimum absolute atomic E-state index is 0.0440. The van der Waals surface area contributed by atoms with Gasteiger partial charge in [0.25, 0.3) is 36.0 Å². The summed E-state index contributed by atoms with van der Waals surface area (Å²) in [4.78, 5) is 173. The zero-order chi connectivity index (χ0) is 109. The number of nitrogens with one attached hydrogen (secondary N) is 3. The normalized spacial score (nSPS) is 16.8. The number of carboxylic acid groups (broad SMARTS) is 1. The summed E-state index contributed by atoms with van der Waals surface area (Å²) in [5.41, 5.74) is 0.700. The maximum absolute atomic E-state index is 13.4. The lowest BCUT2D eigenvalue weighted by molar-refractivity contribution is -0.187. The summed E-state index contributed by atoms with van der Waals surface area (Å²) in [7, 11) is -13.4. The first-order valence-electron chi connectivity index (χ1n) is 50.3. The molecule has 4 rings (SSSR count). The second kappa shape index (κ2) is 70.5. The minimum Gasteiger partial charge on any atom is -0.479 e. The van der Waals surface area contributed by atoms with E-state index < -0.39 is 207 Å². The summed E-state index contributed by atoms with van der Waals surface area (Å²) in [6.45, 7) is 24.7. The van der Waals surface area contributed by atoms with Crippen molar-refractivity contribution in [3.8, 4) is 0 Å². The van der Waals surface area contributed by atoms with Crippen LogP contribution in [0.15, 0.2) is 29.0 Å². The van der Waals surface area contributed by atoms with Crippen LogP contribution in [0.2, 0.25) is 0 Å². The Morgan fingerprint density at radius 1 is 0.352 bits per heavy atom. The number of aliphatic carboxylic acids is 1. The Morgan fingerprint density at radius 3 is 0.821 bits per heavy atom. The highest BCUT2D eigenvalue weighted by molar-refractivity contribution is 7.94. The average Bonchev–Trinajstić information content (AvgIpc) is 1.66. The van der Waals surface area contributed by atoms with E-state index in [9.17, 15) is 101 Å². The molecule has 2 aromatic heterocycles. The van der Waals surface area contributed by atoms with Crippen molar-refractivity contribution in [2.24, 2.45) is 5.14 Å². The maximum Gasteiger partial charge on any atom is 0.347 e. The van der Waals surface area contributed by atoms with Crippen LogP contribution in [0.25, 0.3) is 0 Å². The number of fused-ring (bicyclic) bond motifs is 2. The number of methoxy groups -OCH3 is 2. The van der Waals surface area contributed by atoms with Gasteiger partial charge in [0.05, 0.1) is 0 Å². The zero-order valence-electron chi connectivity index (χ0n) is 87.5. The Labute approximate surface area is 863 Å². The number of amides is 1. The van der Waals surface area contributed by atoms with Crippen molar-refractivity contribution in [1.82, 2.24) is 24.0 Å². The molecule has 0 spiro atoms. The van der Waals surface area contributed by atoms with Crippen molar-refractivity contribution in [3.05, 3.63) is 23.3 Å². The van der Waals surface area contributed by atoms with E-state index in [1.165, 1.54) is 197 Å². The highest BCUT2D eigenvalue weighted by atomic mass is 32.3. The third-order valence-electron chi connectivity index (χ3n) is 22.8. The fourth-order valence-corrected chi connectivity index (χ4v) is 23.5. The fourth-order valence-electron chi connectivity index (χ4n) is 14.3. The monoisotopic (exact) mass is 2180 g/mol. The molecule has 0 fully saturated rings. The molecule has 4 heterocycles. The van der Waals surface area contributed by atoms with Gasteiger partial charge in [-0.15, -0.1) is 22.7 Å². The topological polar surface area (TPSA) is 594 Å². The maximum atomic E-state index is 13.4. The first-order chi connectivity index (χ1) is 68.3. The minimum atomic E-state index is -4.67. The van der Waals surface area contributed by atoms with E-state index in [0.717, 1.165) is 93.9 Å². The summed E-state index contributed by atoms with van der Waals surface area (Å²) in [5, 5.41) is 20.3. The Hall–Kier alpha value is -8.50. The molecule has 1 amide bonds. The number of primary sulfonamides is 1. The number of rotatable bonds is 71. The van der Waals surface area contributed by atoms with Gasteiger partial charge in [-0.3, -0.25) is 14.4 Å². The molecule has 0 unspecified atom stereocenters. The van der Waals surface area contributed by atoms with E-state index in [1.54, 1.807) is 11.8 Å². The number of hydrogen-bond acceptors (Lipinski definition) is 40. The lowest BCUT2D eigenvalue weighted by Crippen LogP contribution is -2.43. The summed E-state index contributed by atoms with van der Waals surface area (Å²) in [6, 6.07) is 1.75. The number of ether oxygens (including phenoxy) is 14. The second-order valence-electron chi connectivity index (χ2n) is 35.6. The van der Waals surface area contributed by atoms with Crippen molar-refractivity contribution in [2.75, 3.05) is 66.7 Å². The molecule has 0 bridgehead atoms. The van der Waals surface area contributed by atoms with Gasteiger partial charge in [-0.1, -0.05) is 207 Å². The quantitative estimate of drug-likeness (QED) is 0.0233. The molecule has 2 aliphatic heterocycles. The molecule has 43 nitrogen and oxygen atoms in total. The van der Waals surface area contributed by atoms with Crippen LogP contribution in [0, 0.1) is 0 Å². The van der Waals surface area contributed by atoms with Crippen LogP contribution in [0.4, 0.5) is 0 Å². The van der Waals surface area contributed by atoms with Gasteiger partial charge in [0, 0.05) is 89.7 Å². The molecule has 832 valence electrons. The SMILES string of the molecule is CCCCCCCCCCCCCCCCCC(=O)O[C@@H](C)C(=O)O[C@@H](C)C(=O)O[C@@H](C)C(=O)O[C@@H](C)C(=O)O[C@@H](C)C(=O)O[C@@H](C)C(=O)NS(=O)(=O)c1cc2c(s1)S(=O)(=O)N(CCCOC)C[C@@H]2NCC.CCCCCCCCCCCCCCCCCC(=O)O[C@@H](C)C(=O)O[C@H](C)C(=O)O[C@H](C)C(=O)O[C@H](C)C(=O)O[C@H](C)C(=O)O[C@H](C)C(=O)O.CCN[C@H]1CN(CCCOC)S(=O)(=O)c2sc(S(N)(=O)=O)cc21. The Kier molecular flexibility index (Phi) is 64.4. The largest absolute Gasteiger partial charge is 0.479 e. The van der Waals surface area contributed by atoms with Crippen LogP contribution in [0.3, 0.4) is 0 Å². The predicted molar refractivity (Wildman–Crippen MR) is 532 cm³/mol. The summed E-state index contributed by atoms with van der Waals surface area (Å²) in [6.07, 6.45) is 18.7. The Bertz CT molecular complexity index is 4840. The smallest absolute Gasteiger partial charge is 0.347 e. The van der Waals surface area contributed by atoms with Crippen molar-refractivity contribution in [1.29, 1.82) is 0 Å². The van der Waals surface area contributed by atoms with E-state index in [0.29, 0.717) is 86.8 Å². The average molecular weight is 2180 g/mol. The van der Waals surface area contributed by atoms with Crippen molar-refractivity contribution >= 4 is 146 Å². The molecule has 2 aromatic rings. The molecule has 0 aromatic carbocycles. The number of sulfonamides is 4. The van der Waals surface area contributed by atoms with E-state index in [-0.39, 0.29) is 56.7 Å². The molecule has 49 heteroatoms. The number of nitrogens with two attached hydrogens (primary N) is 1. The molecule has 145 heavy (non-hydrogen) atoms. The van der Waals surface area contributed by atoms with Gasteiger partial charge >= 0.3 is 77.6 Å². The van der Waals surface area contributed by atoms with Crippen molar-refractivity contribution in [2.45, 2.75) is 431 Å². The molecule has 0 saturated heterocycles. The molecule has 0 saturated carbocycles. The lowest BCUT2D eigenvalue weighted by atomic mass is 10.0. The van der Waals surface area contributed by atoms with Crippen LogP contribution in [0.5, 0.6) is 0 Å². The van der Waals surface area contributed by atoms with Crippen LogP contribution in [-0.2, 0) is 174 Å². The molecule has 0 radical (unpaired) electrons. The number of likely N-dealkylation sites (N-methyl/N-ethyl adjacent to an activating group) is 2. The van der Waals surface area contributed by atoms with E-state index >= 15 is 0 Å². The number of thiophene rings is 2. The Balaban J connectivity index is 0.000000833. The van der Waals surface area contributed by atoms with Crippen LogP contribution >= 0.6 is 22.7 Å². The number of unbranched alkanes of at least 4 members (excludes halogenated alkanes) is 28. The van der Waals surface area contributed by atoms with Crippen molar-refractivity contribution < 1.29 is 172 Å². The van der Waals surface area contributed by atoms with Gasteiger partial charge in [0.15, 0.2) is 73.2 Å². The molecular weight excluding hydrogens is 2020 g/mol. The van der Waals surface area contributed by atoms with Crippen LogP contribution in [0.1, 0.15) is 352 Å². The number of hydrogen-bond donors (Lipinski definition) is 5. The number of carboxylic acids is 1. The number of nitrogens with zero attached hydrogens (tertiary/aromatic N) is 2. The third kappa shape index (κ3) is 50.6. The zero-order valence-corrected chi connectivity index (χ0v) is 92.4. The van der Waals surface area contributed by atoms with E-state index in [2.05, 4.69) is 29.2 Å². The summed E-state index contributed by atoms with van der Waals surface area (Å²) < 4.78 is 175. The predicted octanol–water partition coefficient (Wildman–Crippen LogP) is 12.1. The highest BCUT2D eigenvalue weighted by Crippen LogP contribution is 2.42. The van der Waals surface area contributed by atoms with E-state index in [1.807, 2.05) is 13.8 Å². The number of esters is 12. The van der Waals surface area contributed by atoms with Gasteiger partial charge < -0.3 is 82.1 Å². The number of carbonyl (C=O) groups excluding carboxylic acids is 13. The van der Waals surface area contributed by atoms with Crippen molar-refractivity contribution in [3.63, 3.8) is 0 Å². The first kappa shape index (κ1) is 133. The van der Waals surface area contributed by atoms with E-state index in [4.69, 9.17) is 71.8 Å². The molecular formula is C96H160N6O37S6. The summed E-state index contributed by atoms with van der Waals surface area (Å²) >= 11 is 1.17. The van der Waals surface area contributed by atoms with Crippen LogP contribution in [-0.4, -0.2) is 271 Å². The molecule has 14 atom stereocenters. The lowest BCUT2D eigenvalue weighted by Gasteiger charge is -2.32. The van der Waals surface area contributed by atoms with Gasteiger partial charge in [0.1, 0.15) is 16.8 Å². The third-order valence-corrected chi connectivity index (χ3v) is 33.1. The molecule has 0 aliphatic carbocycles.